The van der Waals surface area contributed by atoms with Crippen molar-refractivity contribution in [3.8, 4) is 0 Å². The van der Waals surface area contributed by atoms with Crippen molar-refractivity contribution in [2.75, 3.05) is 18.5 Å². The summed E-state index contributed by atoms with van der Waals surface area (Å²) >= 11 is 0. The second kappa shape index (κ2) is 9.09. The van der Waals surface area contributed by atoms with E-state index in [0.717, 1.165) is 6.08 Å². The number of nitrogens with one attached hydrogen (secondary N) is 1. The van der Waals surface area contributed by atoms with Crippen molar-refractivity contribution in [2.24, 2.45) is 0 Å². The minimum atomic E-state index is -1.28. The van der Waals surface area contributed by atoms with Gasteiger partial charge in [-0.1, -0.05) is 0 Å². The van der Waals surface area contributed by atoms with E-state index in [9.17, 15) is 19.2 Å². The van der Waals surface area contributed by atoms with Crippen LogP contribution in [0.2, 0.25) is 0 Å². The highest BCUT2D eigenvalue weighted by atomic mass is 16.5. The van der Waals surface area contributed by atoms with E-state index in [1.807, 2.05) is 0 Å². The lowest BCUT2D eigenvalue weighted by molar-refractivity contribution is -0.131. The third-order valence-electron chi connectivity index (χ3n) is 2.60. The van der Waals surface area contributed by atoms with Gasteiger partial charge in [-0.3, -0.25) is 4.79 Å². The van der Waals surface area contributed by atoms with Crippen LogP contribution >= 0.6 is 0 Å². The highest BCUT2D eigenvalue weighted by Gasteiger charge is 2.15. The Morgan fingerprint density at radius 1 is 0.958 bits per heavy atom. The number of aliphatic carboxylic acids is 1. The van der Waals surface area contributed by atoms with Gasteiger partial charge in [0.25, 0.3) is 0 Å². The third kappa shape index (κ3) is 5.91. The molecule has 1 aromatic rings. The monoisotopic (exact) mass is 335 g/mol. The summed E-state index contributed by atoms with van der Waals surface area (Å²) in [5, 5.41) is 10.9. The number of anilines is 1. The molecule has 0 aliphatic carbocycles. The van der Waals surface area contributed by atoms with Crippen LogP contribution < -0.4 is 5.32 Å². The predicted molar refractivity (Wildman–Crippen MR) is 83.8 cm³/mol. The lowest BCUT2D eigenvalue weighted by Gasteiger charge is -2.09. The predicted octanol–water partition coefficient (Wildman–Crippen LogP) is 1.62. The van der Waals surface area contributed by atoms with Crippen LogP contribution in [0.15, 0.2) is 30.4 Å². The summed E-state index contributed by atoms with van der Waals surface area (Å²) < 4.78 is 9.73. The number of carbonyl (C=O) groups excluding carboxylic acids is 3. The van der Waals surface area contributed by atoms with Crippen LogP contribution in [-0.2, 0) is 19.1 Å². The first-order chi connectivity index (χ1) is 11.4. The molecule has 8 heteroatoms. The number of carbonyl (C=O) groups is 4. The first kappa shape index (κ1) is 18.9. The molecular weight excluding hydrogens is 318 g/mol. The van der Waals surface area contributed by atoms with Crippen LogP contribution in [-0.4, -0.2) is 42.1 Å². The Labute approximate surface area is 138 Å². The lowest BCUT2D eigenvalue weighted by Crippen LogP contribution is -2.13. The molecule has 0 heterocycles. The molecule has 0 aromatic heterocycles. The lowest BCUT2D eigenvalue weighted by atomic mass is 10.1. The van der Waals surface area contributed by atoms with Crippen molar-refractivity contribution < 1.29 is 33.8 Å². The number of benzene rings is 1. The van der Waals surface area contributed by atoms with Crippen LogP contribution in [0.25, 0.3) is 0 Å². The molecule has 1 rings (SSSR count). The van der Waals surface area contributed by atoms with Crippen molar-refractivity contribution >= 4 is 29.5 Å². The van der Waals surface area contributed by atoms with E-state index >= 15 is 0 Å². The quantitative estimate of drug-likeness (QED) is 0.574. The van der Waals surface area contributed by atoms with E-state index < -0.39 is 23.8 Å². The van der Waals surface area contributed by atoms with E-state index in [-0.39, 0.29) is 30.0 Å². The number of rotatable bonds is 7. The molecule has 0 radical (unpaired) electrons. The van der Waals surface area contributed by atoms with E-state index in [2.05, 4.69) is 5.32 Å². The average molecular weight is 335 g/mol. The highest BCUT2D eigenvalue weighted by molar-refractivity contribution is 6.04. The number of ether oxygens (including phenoxy) is 2. The number of hydrogen-bond acceptors (Lipinski definition) is 6. The van der Waals surface area contributed by atoms with Crippen LogP contribution in [0.4, 0.5) is 5.69 Å². The fraction of sp³-hybridized carbons (Fsp3) is 0.250. The number of esters is 2. The SMILES string of the molecule is CCOC(=O)c1cc(NC(=O)/C=C/C(=O)O)cc(C(=O)OCC)c1. The first-order valence-electron chi connectivity index (χ1n) is 7.08. The topological polar surface area (TPSA) is 119 Å². The molecule has 0 saturated carbocycles. The molecule has 1 amide bonds. The number of carboxylic acids is 1. The molecule has 0 saturated heterocycles. The zero-order valence-corrected chi connectivity index (χ0v) is 13.2. The van der Waals surface area contributed by atoms with E-state index in [0.29, 0.717) is 6.08 Å². The molecule has 0 atom stereocenters. The van der Waals surface area contributed by atoms with Gasteiger partial charge in [0, 0.05) is 17.8 Å². The molecule has 1 aromatic carbocycles. The van der Waals surface area contributed by atoms with Gasteiger partial charge in [-0.15, -0.1) is 0 Å². The Morgan fingerprint density at radius 2 is 1.46 bits per heavy atom. The Bertz CT molecular complexity index is 643. The minimum absolute atomic E-state index is 0.0555. The molecule has 0 spiro atoms. The summed E-state index contributed by atoms with van der Waals surface area (Å²) in [7, 11) is 0. The number of amides is 1. The van der Waals surface area contributed by atoms with Crippen molar-refractivity contribution in [1.29, 1.82) is 0 Å². The molecule has 0 fully saturated rings. The van der Waals surface area contributed by atoms with Gasteiger partial charge in [-0.05, 0) is 32.0 Å². The maximum Gasteiger partial charge on any atom is 0.338 e. The van der Waals surface area contributed by atoms with Gasteiger partial charge >= 0.3 is 17.9 Å². The average Bonchev–Trinajstić information content (AvgIpc) is 2.53. The molecule has 0 aliphatic rings. The van der Waals surface area contributed by atoms with Crippen LogP contribution in [0.1, 0.15) is 34.6 Å². The summed E-state index contributed by atoms with van der Waals surface area (Å²) in [6, 6.07) is 3.92. The van der Waals surface area contributed by atoms with Crippen LogP contribution in [0.3, 0.4) is 0 Å². The summed E-state index contributed by atoms with van der Waals surface area (Å²) in [4.78, 5) is 45.7. The van der Waals surface area contributed by atoms with Gasteiger partial charge in [0.05, 0.1) is 24.3 Å². The fourth-order valence-electron chi connectivity index (χ4n) is 1.70. The van der Waals surface area contributed by atoms with Gasteiger partial charge in [-0.2, -0.15) is 0 Å². The van der Waals surface area contributed by atoms with Crippen molar-refractivity contribution in [2.45, 2.75) is 13.8 Å². The molecule has 24 heavy (non-hydrogen) atoms. The summed E-state index contributed by atoms with van der Waals surface area (Å²) in [5.41, 5.74) is 0.239. The zero-order valence-electron chi connectivity index (χ0n) is 13.2. The second-order valence-electron chi connectivity index (χ2n) is 4.40. The molecule has 8 nitrogen and oxygen atoms in total. The summed E-state index contributed by atoms with van der Waals surface area (Å²) in [5.74, 6) is -3.34. The Hall–Kier alpha value is -3.16. The number of carboxylic acid groups (broad SMARTS) is 1. The fourth-order valence-corrected chi connectivity index (χ4v) is 1.70. The van der Waals surface area contributed by atoms with Crippen molar-refractivity contribution in [1.82, 2.24) is 0 Å². The van der Waals surface area contributed by atoms with Crippen molar-refractivity contribution in [3.05, 3.63) is 41.5 Å². The normalized spacial score (nSPS) is 10.2. The van der Waals surface area contributed by atoms with Gasteiger partial charge in [-0.25, -0.2) is 14.4 Å². The molecule has 128 valence electrons. The largest absolute Gasteiger partial charge is 0.478 e. The van der Waals surface area contributed by atoms with E-state index in [1.165, 1.54) is 18.2 Å². The Balaban J connectivity index is 3.13. The molecule has 2 N–H and O–H groups in total. The van der Waals surface area contributed by atoms with Crippen LogP contribution in [0.5, 0.6) is 0 Å². The zero-order chi connectivity index (χ0) is 18.1. The van der Waals surface area contributed by atoms with Gasteiger partial charge in [0.1, 0.15) is 0 Å². The highest BCUT2D eigenvalue weighted by Crippen LogP contribution is 2.17. The van der Waals surface area contributed by atoms with Gasteiger partial charge < -0.3 is 19.9 Å². The molecule has 0 aliphatic heterocycles. The smallest absolute Gasteiger partial charge is 0.338 e. The second-order valence-corrected chi connectivity index (χ2v) is 4.40. The van der Waals surface area contributed by atoms with E-state index in [1.54, 1.807) is 13.8 Å². The standard InChI is InChI=1S/C16H17NO7/c1-3-23-15(21)10-7-11(16(22)24-4-2)9-12(8-10)17-13(18)5-6-14(19)20/h5-9H,3-4H2,1-2H3,(H,17,18)(H,19,20)/b6-5+. The number of hydrogen-bond donors (Lipinski definition) is 2. The minimum Gasteiger partial charge on any atom is -0.478 e. The Kier molecular flexibility index (Phi) is 7.15. The third-order valence-corrected chi connectivity index (χ3v) is 2.60. The van der Waals surface area contributed by atoms with E-state index in [4.69, 9.17) is 14.6 Å². The van der Waals surface area contributed by atoms with Crippen LogP contribution in [0, 0.1) is 0 Å². The maximum absolute atomic E-state index is 11.9. The van der Waals surface area contributed by atoms with Crippen molar-refractivity contribution in [3.63, 3.8) is 0 Å². The summed E-state index contributed by atoms with van der Waals surface area (Å²) in [6.45, 7) is 3.55. The van der Waals surface area contributed by atoms with Gasteiger partial charge in [0.15, 0.2) is 0 Å². The van der Waals surface area contributed by atoms with Gasteiger partial charge in [0.2, 0.25) is 5.91 Å². The molecular formula is C16H17NO7. The molecule has 0 unspecified atom stereocenters. The maximum atomic E-state index is 11.9. The Morgan fingerprint density at radius 3 is 1.88 bits per heavy atom. The first-order valence-corrected chi connectivity index (χ1v) is 7.08. The summed E-state index contributed by atoms with van der Waals surface area (Å²) in [6.07, 6.45) is 1.47. The molecule has 0 bridgehead atoms.